The van der Waals surface area contributed by atoms with Crippen molar-refractivity contribution in [3.8, 4) is 5.75 Å². The second-order valence-corrected chi connectivity index (χ2v) is 11.7. The van der Waals surface area contributed by atoms with Gasteiger partial charge in [-0.2, -0.15) is 21.6 Å². The second kappa shape index (κ2) is 11.3. The lowest BCUT2D eigenvalue weighted by Crippen LogP contribution is -2.73. The molecule has 3 heterocycles. The van der Waals surface area contributed by atoms with E-state index in [1.54, 1.807) is 13.8 Å². The third-order valence-electron chi connectivity index (χ3n) is 5.27. The molecule has 22 heteroatoms. The molecule has 3 rings (SSSR count). The summed E-state index contributed by atoms with van der Waals surface area (Å²) >= 11 is 0.882. The van der Waals surface area contributed by atoms with Gasteiger partial charge < -0.3 is 26.2 Å². The molecule has 19 nitrogen and oxygen atoms in total. The maximum absolute atomic E-state index is 13.2. The van der Waals surface area contributed by atoms with Crippen molar-refractivity contribution in [3.05, 3.63) is 39.3 Å². The molecule has 0 aromatic carbocycles. The van der Waals surface area contributed by atoms with Crippen LogP contribution in [0.3, 0.4) is 0 Å². The summed E-state index contributed by atoms with van der Waals surface area (Å²) in [5, 5.41) is 26.8. The monoisotopic (exact) mass is 626 g/mol. The van der Waals surface area contributed by atoms with E-state index in [1.807, 2.05) is 0 Å². The van der Waals surface area contributed by atoms with Gasteiger partial charge in [0.15, 0.2) is 22.7 Å². The molecule has 7 N–H and O–H groups in total. The van der Waals surface area contributed by atoms with Crippen molar-refractivity contribution in [2.24, 2.45) is 11.1 Å². The van der Waals surface area contributed by atoms with E-state index in [1.165, 1.54) is 5.38 Å². The number of nitrogens with one attached hydrogen (secondary N) is 1. The summed E-state index contributed by atoms with van der Waals surface area (Å²) in [5.41, 5.74) is 3.79. The van der Waals surface area contributed by atoms with Gasteiger partial charge >= 0.3 is 20.7 Å². The molecular weight excluding hydrogens is 604 g/mol. The number of nitrogen functional groups attached to an aromatic ring is 1. The van der Waals surface area contributed by atoms with Crippen molar-refractivity contribution >= 4 is 54.7 Å². The zero-order valence-corrected chi connectivity index (χ0v) is 22.8. The SMILES string of the molecule is CC(C)C(O/N=C(\C(=O)N[C@@H]1C(=O)N(S(=O)(=O)O)[C@@H]1COS(=O)(=O)O)c1csc(N)n1)c1cc(=O)c(O)cn1O. The van der Waals surface area contributed by atoms with Crippen LogP contribution in [0.4, 0.5) is 5.13 Å². The maximum Gasteiger partial charge on any atom is 0.397 e. The molecule has 2 amide bonds. The van der Waals surface area contributed by atoms with Crippen molar-refractivity contribution in [1.29, 1.82) is 0 Å². The zero-order valence-electron chi connectivity index (χ0n) is 20.3. The Balaban J connectivity index is 1.95. The summed E-state index contributed by atoms with van der Waals surface area (Å²) in [6.07, 6.45) is -0.485. The fourth-order valence-corrected chi connectivity index (χ4v) is 5.18. The number of aromatic nitrogens is 2. The number of aromatic hydroxyl groups is 1. The van der Waals surface area contributed by atoms with Crippen molar-refractivity contribution < 1.29 is 54.9 Å². The number of rotatable bonds is 11. The topological polar surface area (TPSA) is 290 Å². The molecule has 40 heavy (non-hydrogen) atoms. The minimum Gasteiger partial charge on any atom is -0.503 e. The lowest BCUT2D eigenvalue weighted by atomic mass is 9.99. The number of carbonyl (C=O) groups excluding carboxylic acids is 2. The standard InChI is InChI=1S/C18H22N6O13S3/c1-7(2)15(9-3-11(25)12(26)4-23(9)29)37-22-13(8-6-38-18(19)20-8)16(27)21-14-10(5-36-40(33,34)35)24(17(14)28)39(30,31)32/h3-4,6-7,10,14-15,26,29H,5H2,1-2H3,(H2,19,20)(H,21,27)(H,30,31,32)(H,33,34,35)/b22-13-/t10-,14+,15?/m1/s1. The Morgan fingerprint density at radius 1 is 1.27 bits per heavy atom. The Bertz CT molecular complexity index is 1620. The molecule has 0 aliphatic carbocycles. The van der Waals surface area contributed by atoms with E-state index in [2.05, 4.69) is 19.6 Å². The summed E-state index contributed by atoms with van der Waals surface area (Å²) in [6.45, 7) is 2.04. The van der Waals surface area contributed by atoms with E-state index < -0.39 is 80.1 Å². The van der Waals surface area contributed by atoms with Crippen LogP contribution in [-0.2, 0) is 39.3 Å². The normalized spacial score (nSPS) is 18.9. The number of anilines is 1. The predicted molar refractivity (Wildman–Crippen MR) is 133 cm³/mol. The summed E-state index contributed by atoms with van der Waals surface area (Å²) in [6, 6.07) is -2.73. The van der Waals surface area contributed by atoms with Crippen LogP contribution < -0.4 is 16.5 Å². The molecule has 1 aliphatic heterocycles. The minimum atomic E-state index is -5.22. The first-order valence-corrected chi connectivity index (χ1v) is 14.4. The summed E-state index contributed by atoms with van der Waals surface area (Å²) in [4.78, 5) is 46.8. The summed E-state index contributed by atoms with van der Waals surface area (Å²) < 4.78 is 67.4. The van der Waals surface area contributed by atoms with Crippen LogP contribution in [0.1, 0.15) is 31.3 Å². The Morgan fingerprint density at radius 3 is 2.45 bits per heavy atom. The first-order valence-electron chi connectivity index (χ1n) is 10.7. The van der Waals surface area contributed by atoms with Crippen LogP contribution in [0.25, 0.3) is 0 Å². The molecule has 0 saturated carbocycles. The van der Waals surface area contributed by atoms with E-state index in [0.717, 1.165) is 17.4 Å². The molecule has 1 aliphatic rings. The molecule has 1 saturated heterocycles. The Kier molecular flexibility index (Phi) is 8.71. The number of thiazole rings is 1. The molecule has 1 unspecified atom stereocenters. The van der Waals surface area contributed by atoms with Gasteiger partial charge in [-0.3, -0.25) is 23.5 Å². The number of β-lactam (4-membered cyclic amide) rings is 1. The van der Waals surface area contributed by atoms with E-state index in [-0.39, 0.29) is 20.8 Å². The van der Waals surface area contributed by atoms with Gasteiger partial charge in [0, 0.05) is 11.4 Å². The van der Waals surface area contributed by atoms with Crippen molar-refractivity contribution in [2.45, 2.75) is 32.0 Å². The highest BCUT2D eigenvalue weighted by atomic mass is 32.3. The predicted octanol–water partition coefficient (Wildman–Crippen LogP) is -1.73. The smallest absolute Gasteiger partial charge is 0.397 e. The lowest BCUT2D eigenvalue weighted by molar-refractivity contribution is -0.146. The van der Waals surface area contributed by atoms with Crippen molar-refractivity contribution in [1.82, 2.24) is 19.3 Å². The van der Waals surface area contributed by atoms with Crippen LogP contribution in [0, 0.1) is 5.92 Å². The first-order chi connectivity index (χ1) is 18.4. The van der Waals surface area contributed by atoms with Gasteiger partial charge in [0.1, 0.15) is 23.5 Å². The molecule has 2 aromatic heterocycles. The van der Waals surface area contributed by atoms with E-state index in [0.29, 0.717) is 10.9 Å². The largest absolute Gasteiger partial charge is 0.503 e. The fourth-order valence-electron chi connectivity index (χ4n) is 3.46. The Hall–Kier alpha value is -3.83. The van der Waals surface area contributed by atoms with Crippen LogP contribution in [0.2, 0.25) is 0 Å². The molecular formula is C18H22N6O13S3. The lowest BCUT2D eigenvalue weighted by Gasteiger charge is -2.43. The molecule has 0 radical (unpaired) electrons. The number of oxime groups is 1. The zero-order chi connectivity index (χ0) is 30.2. The van der Waals surface area contributed by atoms with Gasteiger partial charge in [-0.15, -0.1) is 11.3 Å². The van der Waals surface area contributed by atoms with E-state index in [4.69, 9.17) is 15.1 Å². The van der Waals surface area contributed by atoms with Gasteiger partial charge in [0.25, 0.3) is 11.8 Å². The second-order valence-electron chi connectivity index (χ2n) is 8.42. The number of nitrogens with zero attached hydrogens (tertiary/aromatic N) is 4. The molecule has 3 atom stereocenters. The van der Waals surface area contributed by atoms with Gasteiger partial charge in [0.05, 0.1) is 12.8 Å². The van der Waals surface area contributed by atoms with Gasteiger partial charge in [0.2, 0.25) is 5.43 Å². The Morgan fingerprint density at radius 2 is 1.93 bits per heavy atom. The fraction of sp³-hybridized carbons (Fsp3) is 0.389. The maximum atomic E-state index is 13.2. The molecule has 0 bridgehead atoms. The van der Waals surface area contributed by atoms with Crippen molar-refractivity contribution in [3.63, 3.8) is 0 Å². The quantitative estimate of drug-likeness (QED) is 0.0531. The summed E-state index contributed by atoms with van der Waals surface area (Å²) in [5.74, 6) is -3.86. The van der Waals surface area contributed by atoms with Crippen molar-refractivity contribution in [2.75, 3.05) is 12.3 Å². The van der Waals surface area contributed by atoms with Crippen LogP contribution in [0.5, 0.6) is 5.75 Å². The number of amides is 2. The summed E-state index contributed by atoms with van der Waals surface area (Å²) in [7, 11) is -10.3. The van der Waals surface area contributed by atoms with Crippen LogP contribution >= 0.6 is 11.3 Å². The highest BCUT2D eigenvalue weighted by Crippen LogP contribution is 2.27. The highest BCUT2D eigenvalue weighted by Gasteiger charge is 2.55. The highest BCUT2D eigenvalue weighted by molar-refractivity contribution is 7.84. The molecule has 0 spiro atoms. The number of pyridine rings is 1. The minimum absolute atomic E-state index is 0.0182. The molecule has 1 fully saturated rings. The van der Waals surface area contributed by atoms with Crippen LogP contribution in [0.15, 0.2) is 27.6 Å². The van der Waals surface area contributed by atoms with E-state index >= 15 is 0 Å². The number of hydrogen-bond donors (Lipinski definition) is 6. The average molecular weight is 627 g/mol. The van der Waals surface area contributed by atoms with Gasteiger partial charge in [-0.25, -0.2) is 13.5 Å². The number of nitrogens with two attached hydrogens (primary N) is 1. The third-order valence-corrected chi connectivity index (χ3v) is 7.32. The Labute approximate surface area is 229 Å². The van der Waals surface area contributed by atoms with Crippen LogP contribution in [-0.4, -0.2) is 86.5 Å². The van der Waals surface area contributed by atoms with E-state index in [9.17, 15) is 46.1 Å². The first kappa shape index (κ1) is 30.7. The number of hydrogen-bond acceptors (Lipinski definition) is 15. The third kappa shape index (κ3) is 6.83. The average Bonchev–Trinajstić information content (AvgIpc) is 3.24. The number of carbonyl (C=O) groups is 2. The molecule has 2 aromatic rings. The molecule has 220 valence electrons. The van der Waals surface area contributed by atoms with Gasteiger partial charge in [-0.05, 0) is 5.92 Å². The van der Waals surface area contributed by atoms with Gasteiger partial charge in [-0.1, -0.05) is 19.0 Å².